The van der Waals surface area contributed by atoms with E-state index in [1.165, 1.54) is 0 Å². The van der Waals surface area contributed by atoms with Crippen LogP contribution >= 0.6 is 0 Å². The molecule has 3 rings (SSSR count). The van der Waals surface area contributed by atoms with E-state index < -0.39 is 10.0 Å². The molecule has 1 atom stereocenters. The van der Waals surface area contributed by atoms with E-state index in [1.54, 1.807) is 13.8 Å². The second-order valence-corrected chi connectivity index (χ2v) is 8.40. The van der Waals surface area contributed by atoms with Crippen LogP contribution in [0.15, 0.2) is 39.9 Å². The quantitative estimate of drug-likeness (QED) is 0.714. The highest BCUT2D eigenvalue weighted by molar-refractivity contribution is 7.89. The number of aryl methyl sites for hydroxylation is 3. The maximum Gasteiger partial charge on any atom is 0.246 e. The number of benzene rings is 1. The summed E-state index contributed by atoms with van der Waals surface area (Å²) in [4.78, 5) is 2.13. The monoisotopic (exact) mass is 376 g/mol. The Labute approximate surface area is 153 Å². The topological polar surface area (TPSA) is 80.4 Å². The van der Waals surface area contributed by atoms with Crippen LogP contribution in [0.4, 0.5) is 0 Å². The van der Waals surface area contributed by atoms with Gasteiger partial charge in [0.25, 0.3) is 0 Å². The third-order valence-electron chi connectivity index (χ3n) is 4.61. The van der Waals surface area contributed by atoms with Crippen molar-refractivity contribution in [1.29, 1.82) is 0 Å². The molecule has 1 unspecified atom stereocenters. The molecular formula is C18H24N4O3S. The highest BCUT2D eigenvalue weighted by Crippen LogP contribution is 2.29. The fraction of sp³-hybridized carbons (Fsp3) is 0.389. The number of hydrogen-bond donors (Lipinski definition) is 1. The van der Waals surface area contributed by atoms with Crippen molar-refractivity contribution in [1.82, 2.24) is 19.3 Å². The Kier molecular flexibility index (Phi) is 4.92. The van der Waals surface area contributed by atoms with E-state index in [0.29, 0.717) is 11.5 Å². The van der Waals surface area contributed by atoms with Crippen LogP contribution in [0, 0.1) is 13.8 Å². The number of aromatic nitrogens is 2. The van der Waals surface area contributed by atoms with Crippen molar-refractivity contribution in [3.63, 3.8) is 0 Å². The Bertz CT molecular complexity index is 1010. The number of para-hydroxylation sites is 1. The number of hydrogen-bond acceptors (Lipinski definition) is 5. The van der Waals surface area contributed by atoms with Gasteiger partial charge < -0.3 is 14.0 Å². The van der Waals surface area contributed by atoms with Crippen LogP contribution in [0.5, 0.6) is 0 Å². The summed E-state index contributed by atoms with van der Waals surface area (Å²) in [7, 11) is 2.17. The SMILES string of the molecule is Cc1noc(C)c1S(=O)(=O)NCC(c1cn(C)c2ccccc12)N(C)C. The van der Waals surface area contributed by atoms with Gasteiger partial charge in [-0.3, -0.25) is 0 Å². The number of fused-ring (bicyclic) bond motifs is 1. The molecule has 0 spiro atoms. The lowest BCUT2D eigenvalue weighted by molar-refractivity contribution is 0.301. The zero-order valence-electron chi connectivity index (χ0n) is 15.6. The highest BCUT2D eigenvalue weighted by Gasteiger charge is 2.27. The number of rotatable bonds is 6. The molecule has 0 amide bonds. The molecule has 0 saturated carbocycles. The van der Waals surface area contributed by atoms with Crippen LogP contribution in [0.2, 0.25) is 0 Å². The Morgan fingerprint density at radius 1 is 1.27 bits per heavy atom. The standard InChI is InChI=1S/C18H24N4O3S/c1-12-18(13(2)25-20-12)26(23,24)19-10-17(21(3)4)15-11-22(5)16-9-7-6-8-14(15)16/h6-9,11,17,19H,10H2,1-5H3. The van der Waals surface area contributed by atoms with Crippen molar-refractivity contribution >= 4 is 20.9 Å². The maximum absolute atomic E-state index is 12.7. The van der Waals surface area contributed by atoms with Crippen LogP contribution < -0.4 is 4.72 Å². The first kappa shape index (κ1) is 18.6. The number of likely N-dealkylation sites (N-methyl/N-ethyl adjacent to an activating group) is 1. The zero-order valence-corrected chi connectivity index (χ0v) is 16.5. The summed E-state index contributed by atoms with van der Waals surface area (Å²) in [6.07, 6.45) is 2.06. The minimum absolute atomic E-state index is 0.114. The van der Waals surface area contributed by atoms with Gasteiger partial charge in [-0.15, -0.1) is 0 Å². The van der Waals surface area contributed by atoms with E-state index in [-0.39, 0.29) is 17.5 Å². The minimum Gasteiger partial charge on any atom is -0.360 e. The lowest BCUT2D eigenvalue weighted by Gasteiger charge is -2.24. The molecule has 0 aliphatic rings. The largest absolute Gasteiger partial charge is 0.360 e. The third-order valence-corrected chi connectivity index (χ3v) is 6.28. The number of nitrogens with one attached hydrogen (secondary N) is 1. The average molecular weight is 376 g/mol. The molecule has 0 fully saturated rings. The van der Waals surface area contributed by atoms with Gasteiger partial charge in [-0.2, -0.15) is 0 Å². The van der Waals surface area contributed by atoms with Gasteiger partial charge >= 0.3 is 0 Å². The second kappa shape index (κ2) is 6.86. The summed E-state index contributed by atoms with van der Waals surface area (Å²) in [5, 5.41) is 4.86. The van der Waals surface area contributed by atoms with Gasteiger partial charge in [0.15, 0.2) is 5.76 Å². The fourth-order valence-corrected chi connectivity index (χ4v) is 4.69. The lowest BCUT2D eigenvalue weighted by Crippen LogP contribution is -2.34. The molecule has 0 aliphatic heterocycles. The first-order valence-electron chi connectivity index (χ1n) is 8.35. The molecule has 2 heterocycles. The lowest BCUT2D eigenvalue weighted by atomic mass is 10.1. The normalized spacial score (nSPS) is 13.6. The Morgan fingerprint density at radius 3 is 2.58 bits per heavy atom. The molecule has 8 heteroatoms. The summed E-state index contributed by atoms with van der Waals surface area (Å²) in [5.74, 6) is 0.293. The van der Waals surface area contributed by atoms with Crippen LogP contribution in [-0.2, 0) is 17.1 Å². The first-order valence-corrected chi connectivity index (χ1v) is 9.83. The van der Waals surface area contributed by atoms with Crippen molar-refractivity contribution < 1.29 is 12.9 Å². The van der Waals surface area contributed by atoms with E-state index in [0.717, 1.165) is 16.5 Å². The Balaban J connectivity index is 1.93. The van der Waals surface area contributed by atoms with Crippen LogP contribution in [0.1, 0.15) is 23.1 Å². The van der Waals surface area contributed by atoms with Crippen molar-refractivity contribution in [3.05, 3.63) is 47.5 Å². The molecule has 1 aromatic carbocycles. The number of nitrogens with zero attached hydrogens (tertiary/aromatic N) is 3. The molecule has 2 aromatic heterocycles. The van der Waals surface area contributed by atoms with Gasteiger partial charge in [0.1, 0.15) is 10.6 Å². The summed E-state index contributed by atoms with van der Waals surface area (Å²) < 4.78 is 35.2. The van der Waals surface area contributed by atoms with Crippen LogP contribution in [0.25, 0.3) is 10.9 Å². The molecule has 0 radical (unpaired) electrons. The van der Waals surface area contributed by atoms with Gasteiger partial charge in [-0.05, 0) is 39.6 Å². The van der Waals surface area contributed by atoms with Gasteiger partial charge in [-0.25, -0.2) is 13.1 Å². The highest BCUT2D eigenvalue weighted by atomic mass is 32.2. The minimum atomic E-state index is -3.70. The van der Waals surface area contributed by atoms with Crippen LogP contribution in [-0.4, -0.2) is 43.7 Å². The molecular weight excluding hydrogens is 352 g/mol. The third kappa shape index (κ3) is 3.27. The summed E-state index contributed by atoms with van der Waals surface area (Å²) in [6.45, 7) is 3.47. The fourth-order valence-electron chi connectivity index (χ4n) is 3.33. The molecule has 1 N–H and O–H groups in total. The predicted molar refractivity (Wildman–Crippen MR) is 101 cm³/mol. The molecule has 26 heavy (non-hydrogen) atoms. The van der Waals surface area contributed by atoms with E-state index in [4.69, 9.17) is 4.52 Å². The van der Waals surface area contributed by atoms with Crippen molar-refractivity contribution in [2.45, 2.75) is 24.8 Å². The van der Waals surface area contributed by atoms with E-state index in [9.17, 15) is 8.42 Å². The van der Waals surface area contributed by atoms with E-state index in [2.05, 4.69) is 32.8 Å². The summed E-state index contributed by atoms with van der Waals surface area (Å²) in [5.41, 5.74) is 2.55. The molecule has 0 saturated heterocycles. The maximum atomic E-state index is 12.7. The number of sulfonamides is 1. The van der Waals surface area contributed by atoms with Gasteiger partial charge in [0.2, 0.25) is 10.0 Å². The molecule has 0 bridgehead atoms. The summed E-state index contributed by atoms with van der Waals surface area (Å²) in [6, 6.07) is 7.99. The predicted octanol–water partition coefficient (Wildman–Crippen LogP) is 2.36. The molecule has 140 valence electrons. The molecule has 7 nitrogen and oxygen atoms in total. The van der Waals surface area contributed by atoms with Crippen molar-refractivity contribution in [3.8, 4) is 0 Å². The van der Waals surface area contributed by atoms with E-state index in [1.807, 2.05) is 38.2 Å². The average Bonchev–Trinajstić information content (AvgIpc) is 3.08. The van der Waals surface area contributed by atoms with Gasteiger partial charge in [0.05, 0.1) is 0 Å². The smallest absolute Gasteiger partial charge is 0.246 e. The zero-order chi connectivity index (χ0) is 19.1. The Hall–Kier alpha value is -2.16. The van der Waals surface area contributed by atoms with E-state index >= 15 is 0 Å². The van der Waals surface area contributed by atoms with Crippen molar-refractivity contribution in [2.24, 2.45) is 7.05 Å². The summed E-state index contributed by atoms with van der Waals surface area (Å²) >= 11 is 0. The van der Waals surface area contributed by atoms with Crippen LogP contribution in [0.3, 0.4) is 0 Å². The molecule has 0 aliphatic carbocycles. The second-order valence-electron chi connectivity index (χ2n) is 6.70. The Morgan fingerprint density at radius 2 is 1.96 bits per heavy atom. The van der Waals surface area contributed by atoms with Gasteiger partial charge in [0, 0.05) is 36.7 Å². The molecule has 3 aromatic rings. The van der Waals surface area contributed by atoms with Crippen molar-refractivity contribution in [2.75, 3.05) is 20.6 Å². The van der Waals surface area contributed by atoms with Gasteiger partial charge in [-0.1, -0.05) is 23.4 Å². The first-order chi connectivity index (χ1) is 12.2.